The van der Waals surface area contributed by atoms with Crippen molar-refractivity contribution < 1.29 is 9.47 Å². The van der Waals surface area contributed by atoms with Gasteiger partial charge in [-0.25, -0.2) is 0 Å². The fraction of sp³-hybridized carbons (Fsp3) is 0.538. The van der Waals surface area contributed by atoms with Crippen molar-refractivity contribution in [1.82, 2.24) is 5.32 Å². The van der Waals surface area contributed by atoms with Crippen molar-refractivity contribution in [2.24, 2.45) is 0 Å². The van der Waals surface area contributed by atoms with Crippen molar-refractivity contribution in [2.75, 3.05) is 20.3 Å². The third-order valence-electron chi connectivity index (χ3n) is 2.24. The van der Waals surface area contributed by atoms with E-state index >= 15 is 0 Å². The van der Waals surface area contributed by atoms with Gasteiger partial charge in [0.1, 0.15) is 5.75 Å². The molecule has 0 saturated heterocycles. The minimum absolute atomic E-state index is 0.153. The molecule has 5 heteroatoms. The predicted molar refractivity (Wildman–Crippen MR) is 81.2 cm³/mol. The quantitative estimate of drug-likeness (QED) is 0.731. The van der Waals surface area contributed by atoms with Crippen molar-refractivity contribution >= 4 is 31.9 Å². The first-order valence-corrected chi connectivity index (χ1v) is 7.47. The van der Waals surface area contributed by atoms with E-state index in [-0.39, 0.29) is 6.10 Å². The van der Waals surface area contributed by atoms with Gasteiger partial charge in [0, 0.05) is 30.2 Å². The second kappa shape index (κ2) is 8.15. The van der Waals surface area contributed by atoms with E-state index in [0.29, 0.717) is 6.61 Å². The molecule has 1 aromatic carbocycles. The van der Waals surface area contributed by atoms with Crippen LogP contribution < -0.4 is 10.1 Å². The molecule has 0 atom stereocenters. The number of methoxy groups -OCH3 is 1. The van der Waals surface area contributed by atoms with Crippen molar-refractivity contribution in [3.63, 3.8) is 0 Å². The maximum Gasteiger partial charge on any atom is 0.138 e. The van der Waals surface area contributed by atoms with Crippen LogP contribution in [0.2, 0.25) is 0 Å². The van der Waals surface area contributed by atoms with Crippen molar-refractivity contribution in [1.29, 1.82) is 0 Å². The zero-order valence-electron chi connectivity index (χ0n) is 10.9. The Kier molecular flexibility index (Phi) is 7.22. The van der Waals surface area contributed by atoms with E-state index in [1.807, 2.05) is 19.9 Å². The van der Waals surface area contributed by atoms with Gasteiger partial charge in [-0.15, -0.1) is 0 Å². The summed E-state index contributed by atoms with van der Waals surface area (Å²) < 4.78 is 12.9. The van der Waals surface area contributed by atoms with Gasteiger partial charge in [-0.1, -0.05) is 15.9 Å². The summed E-state index contributed by atoms with van der Waals surface area (Å²) >= 11 is 7.04. The van der Waals surface area contributed by atoms with Crippen LogP contribution in [0.1, 0.15) is 19.4 Å². The molecule has 0 amide bonds. The predicted octanol–water partition coefficient (Wildman–Crippen LogP) is 3.73. The Bertz CT molecular complexity index is 383. The van der Waals surface area contributed by atoms with Crippen molar-refractivity contribution in [3.05, 3.63) is 26.6 Å². The highest BCUT2D eigenvalue weighted by Gasteiger charge is 2.11. The molecule has 0 unspecified atom stereocenters. The van der Waals surface area contributed by atoms with Gasteiger partial charge in [0.25, 0.3) is 0 Å². The zero-order chi connectivity index (χ0) is 13.5. The molecule has 0 fully saturated rings. The first kappa shape index (κ1) is 16.0. The topological polar surface area (TPSA) is 30.5 Å². The lowest BCUT2D eigenvalue weighted by atomic mass is 10.2. The molecular weight excluding hydrogens is 362 g/mol. The fourth-order valence-corrected chi connectivity index (χ4v) is 2.92. The summed E-state index contributed by atoms with van der Waals surface area (Å²) in [6, 6.07) is 4.07. The summed E-state index contributed by atoms with van der Waals surface area (Å²) in [5, 5.41) is 3.32. The van der Waals surface area contributed by atoms with Crippen LogP contribution in [0.4, 0.5) is 0 Å². The van der Waals surface area contributed by atoms with Crippen LogP contribution in [-0.2, 0) is 11.3 Å². The maximum absolute atomic E-state index is 5.85. The number of rotatable bonds is 7. The third-order valence-corrected chi connectivity index (χ3v) is 3.28. The number of hydrogen-bond donors (Lipinski definition) is 1. The lowest BCUT2D eigenvalue weighted by Gasteiger charge is -2.17. The third kappa shape index (κ3) is 5.26. The van der Waals surface area contributed by atoms with Gasteiger partial charge in [0.05, 0.1) is 17.2 Å². The molecule has 0 aromatic heterocycles. The Labute approximate surface area is 125 Å². The van der Waals surface area contributed by atoms with Crippen molar-refractivity contribution in [2.45, 2.75) is 26.5 Å². The normalized spacial score (nSPS) is 11.0. The van der Waals surface area contributed by atoms with Gasteiger partial charge in [0.15, 0.2) is 0 Å². The van der Waals surface area contributed by atoms with Gasteiger partial charge in [0.2, 0.25) is 0 Å². The number of nitrogens with one attached hydrogen (secondary N) is 1. The van der Waals surface area contributed by atoms with Gasteiger partial charge in [-0.2, -0.15) is 0 Å². The standard InChI is InChI=1S/C13H19Br2NO2/c1-9(2)18-13-10(8-16-4-5-17-3)6-11(14)7-12(13)15/h6-7,9,16H,4-5,8H2,1-3H3. The Morgan fingerprint density at radius 3 is 2.61 bits per heavy atom. The van der Waals surface area contributed by atoms with Gasteiger partial charge in [-0.05, 0) is 41.9 Å². The molecule has 0 saturated carbocycles. The average Bonchev–Trinajstić information content (AvgIpc) is 2.28. The van der Waals surface area contributed by atoms with E-state index in [2.05, 4.69) is 43.2 Å². The summed E-state index contributed by atoms with van der Waals surface area (Å²) in [6.45, 7) is 6.33. The molecule has 1 rings (SSSR count). The minimum atomic E-state index is 0.153. The van der Waals surface area contributed by atoms with Crippen LogP contribution in [-0.4, -0.2) is 26.4 Å². The Morgan fingerprint density at radius 1 is 1.28 bits per heavy atom. The van der Waals surface area contributed by atoms with E-state index in [9.17, 15) is 0 Å². The summed E-state index contributed by atoms with van der Waals surface area (Å²) in [6.07, 6.45) is 0.153. The molecule has 3 nitrogen and oxygen atoms in total. The number of benzene rings is 1. The van der Waals surface area contributed by atoms with E-state index in [0.717, 1.165) is 33.3 Å². The van der Waals surface area contributed by atoms with Crippen LogP contribution in [0.15, 0.2) is 21.1 Å². The molecule has 1 aromatic rings. The molecule has 0 spiro atoms. The Morgan fingerprint density at radius 2 is 2.00 bits per heavy atom. The smallest absolute Gasteiger partial charge is 0.138 e. The fourth-order valence-electron chi connectivity index (χ4n) is 1.51. The number of hydrogen-bond acceptors (Lipinski definition) is 3. The van der Waals surface area contributed by atoms with Crippen LogP contribution in [0, 0.1) is 0 Å². The lowest BCUT2D eigenvalue weighted by molar-refractivity contribution is 0.198. The van der Waals surface area contributed by atoms with Crippen LogP contribution in [0.5, 0.6) is 5.75 Å². The first-order valence-electron chi connectivity index (χ1n) is 5.88. The molecular formula is C13H19Br2NO2. The Balaban J connectivity index is 2.79. The molecule has 0 aliphatic rings. The number of halogens is 2. The average molecular weight is 381 g/mol. The van der Waals surface area contributed by atoms with Gasteiger partial charge in [-0.3, -0.25) is 0 Å². The van der Waals surface area contributed by atoms with E-state index in [1.165, 1.54) is 0 Å². The van der Waals surface area contributed by atoms with Crippen LogP contribution >= 0.6 is 31.9 Å². The van der Waals surface area contributed by atoms with E-state index < -0.39 is 0 Å². The van der Waals surface area contributed by atoms with Gasteiger partial charge < -0.3 is 14.8 Å². The second-order valence-electron chi connectivity index (χ2n) is 4.21. The molecule has 102 valence electrons. The highest BCUT2D eigenvalue weighted by molar-refractivity contribution is 9.11. The molecule has 0 heterocycles. The number of ether oxygens (including phenoxy) is 2. The summed E-state index contributed by atoms with van der Waals surface area (Å²) in [5.74, 6) is 0.901. The Hall–Kier alpha value is -0.100. The molecule has 1 N–H and O–H groups in total. The highest BCUT2D eigenvalue weighted by Crippen LogP contribution is 2.33. The lowest BCUT2D eigenvalue weighted by Crippen LogP contribution is -2.19. The van der Waals surface area contributed by atoms with E-state index in [4.69, 9.17) is 9.47 Å². The summed E-state index contributed by atoms with van der Waals surface area (Å²) in [7, 11) is 1.70. The van der Waals surface area contributed by atoms with Gasteiger partial charge >= 0.3 is 0 Å². The van der Waals surface area contributed by atoms with Crippen LogP contribution in [0.3, 0.4) is 0 Å². The largest absolute Gasteiger partial charge is 0.489 e. The molecule has 0 bridgehead atoms. The molecule has 0 aliphatic heterocycles. The van der Waals surface area contributed by atoms with Crippen LogP contribution in [0.25, 0.3) is 0 Å². The van der Waals surface area contributed by atoms with Crippen molar-refractivity contribution in [3.8, 4) is 5.75 Å². The summed E-state index contributed by atoms with van der Waals surface area (Å²) in [4.78, 5) is 0. The SMILES string of the molecule is COCCNCc1cc(Br)cc(Br)c1OC(C)C. The minimum Gasteiger partial charge on any atom is -0.489 e. The van der Waals surface area contributed by atoms with E-state index in [1.54, 1.807) is 7.11 Å². The zero-order valence-corrected chi connectivity index (χ0v) is 14.1. The molecule has 0 radical (unpaired) electrons. The maximum atomic E-state index is 5.85. The monoisotopic (exact) mass is 379 g/mol. The highest BCUT2D eigenvalue weighted by atomic mass is 79.9. The molecule has 0 aliphatic carbocycles. The molecule has 18 heavy (non-hydrogen) atoms. The first-order chi connectivity index (χ1) is 8.54. The summed E-state index contributed by atoms with van der Waals surface area (Å²) in [5.41, 5.74) is 1.13. The second-order valence-corrected chi connectivity index (χ2v) is 5.98.